The number of allylic oxidation sites excluding steroid dienone is 5. The van der Waals surface area contributed by atoms with E-state index < -0.39 is 17.2 Å². The summed E-state index contributed by atoms with van der Waals surface area (Å²) in [6, 6.07) is 2.96. The van der Waals surface area contributed by atoms with E-state index in [1.807, 2.05) is 67.6 Å². The van der Waals surface area contributed by atoms with Crippen LogP contribution >= 0.6 is 0 Å². The number of benzene rings is 1. The Balaban J connectivity index is 2.26. The number of phenols is 1. The first kappa shape index (κ1) is 18.4. The molecule has 2 aliphatic rings. The molecule has 1 aliphatic heterocycles. The van der Waals surface area contributed by atoms with Gasteiger partial charge in [0.1, 0.15) is 5.75 Å². The summed E-state index contributed by atoms with van der Waals surface area (Å²) in [5.41, 5.74) is -1.25. The second kappa shape index (κ2) is 6.71. The van der Waals surface area contributed by atoms with Gasteiger partial charge >= 0.3 is 6.18 Å². The van der Waals surface area contributed by atoms with Gasteiger partial charge in [-0.25, -0.2) is 0 Å². The van der Waals surface area contributed by atoms with Gasteiger partial charge in [-0.2, -0.15) is 13.2 Å². The Morgan fingerprint density at radius 3 is 2.50 bits per heavy atom. The van der Waals surface area contributed by atoms with Crippen molar-refractivity contribution in [2.45, 2.75) is 31.0 Å². The zero-order chi connectivity index (χ0) is 18.9. The first-order valence-corrected chi connectivity index (χ1v) is 8.64. The van der Waals surface area contributed by atoms with Gasteiger partial charge in [-0.05, 0) is 42.8 Å². The molecule has 1 heterocycles. The van der Waals surface area contributed by atoms with E-state index in [1.54, 1.807) is 0 Å². The Labute approximate surface area is 151 Å². The highest BCUT2D eigenvalue weighted by Crippen LogP contribution is 2.49. The normalized spacial score (nSPS) is 28.0. The maximum atomic E-state index is 13.3. The lowest BCUT2D eigenvalue weighted by atomic mass is 9.61. The van der Waals surface area contributed by atoms with E-state index in [0.29, 0.717) is 5.56 Å². The minimum Gasteiger partial charge on any atom is -0.508 e. The monoisotopic (exact) mass is 361 g/mol. The molecule has 1 aromatic carbocycles. The molecule has 0 radical (unpaired) electrons. The lowest BCUT2D eigenvalue weighted by Crippen LogP contribution is -2.50. The van der Waals surface area contributed by atoms with Crippen LogP contribution in [0.1, 0.15) is 24.5 Å². The average Bonchev–Trinajstić information content (AvgIpc) is 2.61. The van der Waals surface area contributed by atoms with E-state index in [9.17, 15) is 18.3 Å². The molecule has 3 atom stereocenters. The standard InChI is InChI=1S/C21H22F3NO/c1-3-15-8-4-6-12-20(15,19-9-5-7-13-25(19)2)17-14-16(21(22,23)24)10-11-18(17)26/h4-15,19,26H,3H2,1-2H3. The number of halogens is 3. The summed E-state index contributed by atoms with van der Waals surface area (Å²) in [4.78, 5) is 1.98. The Hall–Kier alpha value is -2.43. The maximum absolute atomic E-state index is 13.3. The molecule has 0 saturated heterocycles. The first-order valence-electron chi connectivity index (χ1n) is 8.64. The quantitative estimate of drug-likeness (QED) is 0.801. The van der Waals surface area contributed by atoms with Crippen molar-refractivity contribution < 1.29 is 18.3 Å². The molecule has 138 valence electrons. The van der Waals surface area contributed by atoms with E-state index in [2.05, 4.69) is 0 Å². The molecule has 2 nitrogen and oxygen atoms in total. The molecule has 0 saturated carbocycles. The zero-order valence-electron chi connectivity index (χ0n) is 14.7. The van der Waals surface area contributed by atoms with Crippen molar-refractivity contribution in [3.05, 3.63) is 78.1 Å². The van der Waals surface area contributed by atoms with Crippen LogP contribution in [0.15, 0.2) is 66.9 Å². The summed E-state index contributed by atoms with van der Waals surface area (Å²) in [7, 11) is 1.90. The zero-order valence-corrected chi connectivity index (χ0v) is 14.7. The molecule has 1 aliphatic carbocycles. The third kappa shape index (κ3) is 2.96. The molecule has 0 bridgehead atoms. The number of rotatable bonds is 3. The van der Waals surface area contributed by atoms with Crippen LogP contribution in [0, 0.1) is 5.92 Å². The SMILES string of the molecule is CCC1C=CC=CC1(c1cc(C(F)(F)F)ccc1O)C1C=CC=CN1C. The van der Waals surface area contributed by atoms with Gasteiger partial charge in [0.25, 0.3) is 0 Å². The van der Waals surface area contributed by atoms with Gasteiger partial charge in [0, 0.05) is 18.0 Å². The van der Waals surface area contributed by atoms with Crippen LogP contribution < -0.4 is 0 Å². The van der Waals surface area contributed by atoms with E-state index in [4.69, 9.17) is 0 Å². The van der Waals surface area contributed by atoms with Crippen LogP contribution in [0.4, 0.5) is 13.2 Å². The molecule has 0 aromatic heterocycles. The van der Waals surface area contributed by atoms with Gasteiger partial charge in [-0.15, -0.1) is 0 Å². The van der Waals surface area contributed by atoms with Crippen LogP contribution in [-0.4, -0.2) is 23.1 Å². The second-order valence-corrected chi connectivity index (χ2v) is 6.76. The van der Waals surface area contributed by atoms with Gasteiger partial charge in [0.05, 0.1) is 11.6 Å². The molecule has 26 heavy (non-hydrogen) atoms. The topological polar surface area (TPSA) is 23.5 Å². The number of likely N-dealkylation sites (N-methyl/N-ethyl adjacent to an activating group) is 1. The number of alkyl halides is 3. The average molecular weight is 361 g/mol. The number of hydrogen-bond acceptors (Lipinski definition) is 2. The first-order chi connectivity index (χ1) is 12.3. The molecule has 0 amide bonds. The fourth-order valence-electron chi connectivity index (χ4n) is 4.08. The molecule has 0 spiro atoms. The van der Waals surface area contributed by atoms with E-state index in [-0.39, 0.29) is 17.7 Å². The molecular formula is C21H22F3NO. The minimum absolute atomic E-state index is 0.0505. The molecule has 3 unspecified atom stereocenters. The van der Waals surface area contributed by atoms with Crippen LogP contribution in [0.5, 0.6) is 5.75 Å². The number of hydrogen-bond donors (Lipinski definition) is 1. The summed E-state index contributed by atoms with van der Waals surface area (Å²) in [5, 5.41) is 10.6. The number of nitrogens with zero attached hydrogens (tertiary/aromatic N) is 1. The molecule has 5 heteroatoms. The van der Waals surface area contributed by atoms with Crippen molar-refractivity contribution in [2.75, 3.05) is 7.05 Å². The van der Waals surface area contributed by atoms with Crippen molar-refractivity contribution in [2.24, 2.45) is 5.92 Å². The minimum atomic E-state index is -4.46. The molecule has 0 fully saturated rings. The lowest BCUT2D eigenvalue weighted by molar-refractivity contribution is -0.137. The van der Waals surface area contributed by atoms with Crippen LogP contribution in [0.2, 0.25) is 0 Å². The van der Waals surface area contributed by atoms with Gasteiger partial charge in [-0.3, -0.25) is 0 Å². The highest BCUT2D eigenvalue weighted by atomic mass is 19.4. The molecule has 1 N–H and O–H groups in total. The van der Waals surface area contributed by atoms with E-state index in [1.165, 1.54) is 0 Å². The smallest absolute Gasteiger partial charge is 0.416 e. The third-order valence-corrected chi connectivity index (χ3v) is 5.32. The van der Waals surface area contributed by atoms with Crippen molar-refractivity contribution >= 4 is 0 Å². The van der Waals surface area contributed by atoms with Gasteiger partial charge < -0.3 is 10.0 Å². The van der Waals surface area contributed by atoms with Crippen LogP contribution in [-0.2, 0) is 11.6 Å². The van der Waals surface area contributed by atoms with Crippen molar-refractivity contribution in [1.29, 1.82) is 0 Å². The maximum Gasteiger partial charge on any atom is 0.416 e. The Kier molecular flexibility index (Phi) is 4.74. The summed E-state index contributed by atoms with van der Waals surface area (Å²) in [5.74, 6) is -0.168. The Bertz CT molecular complexity index is 791. The Morgan fingerprint density at radius 2 is 1.85 bits per heavy atom. The van der Waals surface area contributed by atoms with Crippen molar-refractivity contribution in [1.82, 2.24) is 4.90 Å². The Morgan fingerprint density at radius 1 is 1.12 bits per heavy atom. The number of phenolic OH excluding ortho intramolecular Hbond substituents is 1. The van der Waals surface area contributed by atoms with Crippen LogP contribution in [0.3, 0.4) is 0 Å². The summed E-state index contributed by atoms with van der Waals surface area (Å²) >= 11 is 0. The van der Waals surface area contributed by atoms with Crippen LogP contribution in [0.25, 0.3) is 0 Å². The summed E-state index contributed by atoms with van der Waals surface area (Å²) in [6.07, 6.45) is 11.6. The van der Waals surface area contributed by atoms with Gasteiger partial charge in [0.2, 0.25) is 0 Å². The highest BCUT2D eigenvalue weighted by molar-refractivity contribution is 5.51. The predicted octanol–water partition coefficient (Wildman–Crippen LogP) is 5.18. The fourth-order valence-corrected chi connectivity index (χ4v) is 4.08. The van der Waals surface area contributed by atoms with Gasteiger partial charge in [0.15, 0.2) is 0 Å². The molecule has 3 rings (SSSR count). The molecular weight excluding hydrogens is 339 g/mol. The largest absolute Gasteiger partial charge is 0.508 e. The van der Waals surface area contributed by atoms with Crippen molar-refractivity contribution in [3.63, 3.8) is 0 Å². The van der Waals surface area contributed by atoms with E-state index >= 15 is 0 Å². The lowest BCUT2D eigenvalue weighted by Gasteiger charge is -2.48. The second-order valence-electron chi connectivity index (χ2n) is 6.76. The third-order valence-electron chi connectivity index (χ3n) is 5.32. The summed E-state index contributed by atoms with van der Waals surface area (Å²) in [6.45, 7) is 2.01. The van der Waals surface area contributed by atoms with Crippen molar-refractivity contribution in [3.8, 4) is 5.75 Å². The van der Waals surface area contributed by atoms with E-state index in [0.717, 1.165) is 24.6 Å². The fraction of sp³-hybridized carbons (Fsp3) is 0.333. The highest BCUT2D eigenvalue weighted by Gasteiger charge is 2.47. The number of aromatic hydroxyl groups is 1. The van der Waals surface area contributed by atoms with Gasteiger partial charge in [-0.1, -0.05) is 43.4 Å². The predicted molar refractivity (Wildman–Crippen MR) is 96.7 cm³/mol. The molecule has 1 aromatic rings. The summed E-state index contributed by atoms with van der Waals surface area (Å²) < 4.78 is 40.0.